The molecule has 0 heterocycles. The fraction of sp³-hybridized carbons (Fsp3) is 0.294. The number of rotatable bonds is 6. The predicted octanol–water partition coefficient (Wildman–Crippen LogP) is 3.96. The summed E-state index contributed by atoms with van der Waals surface area (Å²) in [7, 11) is 0. The summed E-state index contributed by atoms with van der Waals surface area (Å²) in [6, 6.07) is 4.02. The Morgan fingerprint density at radius 3 is 1.84 bits per heavy atom. The minimum absolute atomic E-state index is 0.479. The Morgan fingerprint density at radius 1 is 0.947 bits per heavy atom. The van der Waals surface area contributed by atoms with Crippen LogP contribution in [0.3, 0.4) is 0 Å². The molecule has 0 aliphatic heterocycles. The van der Waals surface area contributed by atoms with E-state index in [0.717, 1.165) is 17.9 Å². The molecule has 1 aromatic rings. The van der Waals surface area contributed by atoms with Crippen LogP contribution in [0.2, 0.25) is 0 Å². The van der Waals surface area contributed by atoms with Crippen LogP contribution in [-0.4, -0.2) is 13.2 Å². The van der Waals surface area contributed by atoms with Crippen molar-refractivity contribution in [1.82, 2.24) is 0 Å². The van der Waals surface area contributed by atoms with Crippen LogP contribution in [-0.2, 0) is 0 Å². The van der Waals surface area contributed by atoms with Crippen molar-refractivity contribution >= 4 is 0 Å². The first-order chi connectivity index (χ1) is 9.35. The smallest absolute Gasteiger partial charge is 0.124 e. The van der Waals surface area contributed by atoms with Crippen molar-refractivity contribution in [2.24, 2.45) is 0 Å². The van der Waals surface area contributed by atoms with Crippen LogP contribution in [0.25, 0.3) is 0 Å². The molecule has 2 aliphatic carbocycles. The normalized spacial score (nSPS) is 22.1. The lowest BCUT2D eigenvalue weighted by molar-refractivity contribution is 0.347. The topological polar surface area (TPSA) is 18.5 Å². The van der Waals surface area contributed by atoms with E-state index in [2.05, 4.69) is 25.3 Å². The molecule has 0 radical (unpaired) electrons. The van der Waals surface area contributed by atoms with Gasteiger partial charge in [-0.2, -0.15) is 0 Å². The molecule has 0 fully saturated rings. The van der Waals surface area contributed by atoms with E-state index in [0.29, 0.717) is 25.0 Å². The van der Waals surface area contributed by atoms with E-state index in [-0.39, 0.29) is 0 Å². The molecular formula is C17H18O2. The Morgan fingerprint density at radius 2 is 1.42 bits per heavy atom. The van der Waals surface area contributed by atoms with Gasteiger partial charge in [-0.1, -0.05) is 37.5 Å². The molecule has 2 atom stereocenters. The molecule has 0 amide bonds. The molecule has 0 spiro atoms. The molecule has 2 heteroatoms. The summed E-state index contributed by atoms with van der Waals surface area (Å²) in [5.74, 6) is 2.90. The second-order valence-electron chi connectivity index (χ2n) is 4.92. The average Bonchev–Trinajstić information content (AvgIpc) is 3.05. The Balaban J connectivity index is 1.99. The van der Waals surface area contributed by atoms with E-state index in [1.807, 2.05) is 12.1 Å². The lowest BCUT2D eigenvalue weighted by atomic mass is 9.95. The Hall–Kier alpha value is -1.96. The number of allylic oxidation sites excluding steroid dienone is 2. The third-order valence-corrected chi connectivity index (χ3v) is 3.75. The van der Waals surface area contributed by atoms with Crippen LogP contribution in [0, 0.1) is 0 Å². The number of fused-ring (bicyclic) bond motifs is 5. The summed E-state index contributed by atoms with van der Waals surface area (Å²) in [6.07, 6.45) is 9.26. The van der Waals surface area contributed by atoms with Crippen molar-refractivity contribution in [3.63, 3.8) is 0 Å². The monoisotopic (exact) mass is 254 g/mol. The van der Waals surface area contributed by atoms with Gasteiger partial charge in [0, 0.05) is 23.0 Å². The molecule has 3 rings (SSSR count). The van der Waals surface area contributed by atoms with Gasteiger partial charge < -0.3 is 9.47 Å². The van der Waals surface area contributed by atoms with Crippen LogP contribution in [0.4, 0.5) is 0 Å². The summed E-state index contributed by atoms with van der Waals surface area (Å²) in [6.45, 7) is 8.49. The van der Waals surface area contributed by atoms with E-state index in [9.17, 15) is 0 Å². The van der Waals surface area contributed by atoms with Gasteiger partial charge in [0.1, 0.15) is 24.7 Å². The van der Waals surface area contributed by atoms with Gasteiger partial charge in [-0.3, -0.25) is 0 Å². The van der Waals surface area contributed by atoms with Crippen molar-refractivity contribution in [1.29, 1.82) is 0 Å². The highest BCUT2D eigenvalue weighted by Crippen LogP contribution is 2.55. The molecule has 0 saturated carbocycles. The zero-order valence-corrected chi connectivity index (χ0v) is 11.0. The third kappa shape index (κ3) is 1.97. The zero-order valence-electron chi connectivity index (χ0n) is 11.0. The minimum atomic E-state index is 0.479. The summed E-state index contributed by atoms with van der Waals surface area (Å²) in [4.78, 5) is 0. The van der Waals surface area contributed by atoms with Gasteiger partial charge in [0.2, 0.25) is 0 Å². The summed E-state index contributed by atoms with van der Waals surface area (Å²) in [5, 5.41) is 0. The van der Waals surface area contributed by atoms with Gasteiger partial charge in [0.05, 0.1) is 0 Å². The van der Waals surface area contributed by atoms with E-state index >= 15 is 0 Å². The van der Waals surface area contributed by atoms with Gasteiger partial charge >= 0.3 is 0 Å². The summed E-state index contributed by atoms with van der Waals surface area (Å²) < 4.78 is 11.6. The number of hydrogen-bond donors (Lipinski definition) is 0. The summed E-state index contributed by atoms with van der Waals surface area (Å²) >= 11 is 0. The highest BCUT2D eigenvalue weighted by atomic mass is 16.5. The molecule has 19 heavy (non-hydrogen) atoms. The van der Waals surface area contributed by atoms with Crippen molar-refractivity contribution in [2.75, 3.05) is 13.2 Å². The average molecular weight is 254 g/mol. The largest absolute Gasteiger partial charge is 0.489 e. The maximum Gasteiger partial charge on any atom is 0.124 e. The van der Waals surface area contributed by atoms with Crippen molar-refractivity contribution < 1.29 is 9.47 Å². The zero-order chi connectivity index (χ0) is 13.2. The highest BCUT2D eigenvalue weighted by Gasteiger charge is 2.37. The van der Waals surface area contributed by atoms with E-state index in [4.69, 9.17) is 9.47 Å². The molecule has 1 aromatic carbocycles. The second-order valence-corrected chi connectivity index (χ2v) is 4.92. The van der Waals surface area contributed by atoms with Gasteiger partial charge in [0.15, 0.2) is 0 Å². The first-order valence-corrected chi connectivity index (χ1v) is 6.67. The summed E-state index contributed by atoms with van der Waals surface area (Å²) in [5.41, 5.74) is 2.60. The van der Waals surface area contributed by atoms with Crippen molar-refractivity contribution in [2.45, 2.75) is 18.3 Å². The molecule has 2 aliphatic rings. The first kappa shape index (κ1) is 12.1. The fourth-order valence-corrected chi connectivity index (χ4v) is 3.04. The Kier molecular flexibility index (Phi) is 3.16. The lowest BCUT2D eigenvalue weighted by Crippen LogP contribution is -2.04. The standard InChI is InChI=1S/C17H18O2/c1-3-9-18-14-7-8-15(19-10-4-2)17-13-6-5-12(11-13)16(14)17/h3-8,12-13H,1-2,9-11H2. The van der Waals surface area contributed by atoms with Crippen LogP contribution in [0.1, 0.15) is 29.4 Å². The van der Waals surface area contributed by atoms with Gasteiger partial charge in [-0.05, 0) is 18.6 Å². The maximum absolute atomic E-state index is 5.78. The maximum atomic E-state index is 5.78. The SMILES string of the molecule is C=CCOc1ccc(OCC=C)c2c1C1C=CC2C1. The molecule has 98 valence electrons. The predicted molar refractivity (Wildman–Crippen MR) is 77.1 cm³/mol. The molecule has 2 nitrogen and oxygen atoms in total. The van der Waals surface area contributed by atoms with Gasteiger partial charge in [-0.15, -0.1) is 0 Å². The number of hydrogen-bond acceptors (Lipinski definition) is 2. The van der Waals surface area contributed by atoms with Crippen LogP contribution in [0.5, 0.6) is 11.5 Å². The fourth-order valence-electron chi connectivity index (χ4n) is 3.04. The number of benzene rings is 1. The van der Waals surface area contributed by atoms with Crippen LogP contribution >= 0.6 is 0 Å². The Labute approximate surface area is 114 Å². The second kappa shape index (κ2) is 4.96. The lowest BCUT2D eigenvalue weighted by Gasteiger charge is -2.19. The van der Waals surface area contributed by atoms with E-state index < -0.39 is 0 Å². The number of ether oxygens (including phenoxy) is 2. The van der Waals surface area contributed by atoms with E-state index in [1.165, 1.54) is 11.1 Å². The van der Waals surface area contributed by atoms with Crippen LogP contribution < -0.4 is 9.47 Å². The molecular weight excluding hydrogens is 236 g/mol. The van der Waals surface area contributed by atoms with Gasteiger partial charge in [0.25, 0.3) is 0 Å². The molecule has 0 aromatic heterocycles. The molecule has 0 saturated heterocycles. The third-order valence-electron chi connectivity index (χ3n) is 3.75. The minimum Gasteiger partial charge on any atom is -0.489 e. The van der Waals surface area contributed by atoms with E-state index in [1.54, 1.807) is 12.2 Å². The van der Waals surface area contributed by atoms with Crippen LogP contribution in [0.15, 0.2) is 49.6 Å². The molecule has 2 unspecified atom stereocenters. The quantitative estimate of drug-likeness (QED) is 0.715. The highest BCUT2D eigenvalue weighted by molar-refractivity contribution is 5.60. The van der Waals surface area contributed by atoms with Gasteiger partial charge in [-0.25, -0.2) is 0 Å². The van der Waals surface area contributed by atoms with Crippen molar-refractivity contribution in [3.8, 4) is 11.5 Å². The van der Waals surface area contributed by atoms with Crippen molar-refractivity contribution in [3.05, 3.63) is 60.7 Å². The molecule has 0 N–H and O–H groups in total. The Bertz CT molecular complexity index is 495. The molecule has 2 bridgehead atoms. The first-order valence-electron chi connectivity index (χ1n) is 6.67.